The van der Waals surface area contributed by atoms with Crippen LogP contribution in [0, 0.1) is 11.6 Å². The van der Waals surface area contributed by atoms with E-state index >= 15 is 0 Å². The van der Waals surface area contributed by atoms with E-state index in [-0.39, 0.29) is 5.76 Å². The van der Waals surface area contributed by atoms with Crippen molar-refractivity contribution in [3.8, 4) is 0 Å². The molecule has 1 aromatic heterocycles. The quantitative estimate of drug-likeness (QED) is 0.911. The van der Waals surface area contributed by atoms with Crippen molar-refractivity contribution < 1.29 is 18.0 Å². The van der Waals surface area contributed by atoms with Crippen LogP contribution in [0.15, 0.2) is 41.0 Å². The zero-order chi connectivity index (χ0) is 13.1. The second kappa shape index (κ2) is 5.00. The van der Waals surface area contributed by atoms with Gasteiger partial charge in [-0.25, -0.2) is 8.78 Å². The van der Waals surface area contributed by atoms with Crippen LogP contribution in [0.2, 0.25) is 0 Å². The van der Waals surface area contributed by atoms with E-state index in [0.29, 0.717) is 5.56 Å². The van der Waals surface area contributed by atoms with Crippen LogP contribution in [-0.4, -0.2) is 5.91 Å². The lowest BCUT2D eigenvalue weighted by atomic mass is 10.1. The normalized spacial score (nSPS) is 12.2. The van der Waals surface area contributed by atoms with Crippen molar-refractivity contribution in [1.82, 2.24) is 5.32 Å². The van der Waals surface area contributed by atoms with Crippen molar-refractivity contribution in [1.29, 1.82) is 0 Å². The van der Waals surface area contributed by atoms with Gasteiger partial charge in [0.15, 0.2) is 17.4 Å². The predicted molar refractivity (Wildman–Crippen MR) is 60.9 cm³/mol. The third-order valence-corrected chi connectivity index (χ3v) is 2.54. The molecule has 1 atom stereocenters. The Morgan fingerprint density at radius 3 is 2.67 bits per heavy atom. The van der Waals surface area contributed by atoms with Crippen LogP contribution in [0.3, 0.4) is 0 Å². The Kier molecular flexibility index (Phi) is 3.41. The number of hydrogen-bond acceptors (Lipinski definition) is 2. The number of nitrogens with one attached hydrogen (secondary N) is 1. The zero-order valence-electron chi connectivity index (χ0n) is 9.61. The van der Waals surface area contributed by atoms with Gasteiger partial charge in [-0.1, -0.05) is 6.07 Å². The minimum atomic E-state index is -0.938. The van der Waals surface area contributed by atoms with Crippen LogP contribution in [0.4, 0.5) is 8.78 Å². The number of amides is 1. The van der Waals surface area contributed by atoms with E-state index < -0.39 is 23.6 Å². The van der Waals surface area contributed by atoms with Gasteiger partial charge in [0.05, 0.1) is 12.3 Å². The van der Waals surface area contributed by atoms with Gasteiger partial charge in [0.2, 0.25) is 0 Å². The summed E-state index contributed by atoms with van der Waals surface area (Å²) in [6, 6.07) is 6.18. The highest BCUT2D eigenvalue weighted by Crippen LogP contribution is 2.16. The fraction of sp³-hybridized carbons (Fsp3) is 0.154. The maximum atomic E-state index is 13.0. The molecular weight excluding hydrogens is 240 g/mol. The van der Waals surface area contributed by atoms with Gasteiger partial charge in [-0.2, -0.15) is 0 Å². The first kappa shape index (κ1) is 12.3. The van der Waals surface area contributed by atoms with E-state index in [1.807, 2.05) is 0 Å². The summed E-state index contributed by atoms with van der Waals surface area (Å²) < 4.78 is 30.7. The molecule has 1 heterocycles. The SMILES string of the molecule is CC(NC(=O)c1ccco1)c1ccc(F)c(F)c1. The molecular formula is C13H11F2NO2. The highest BCUT2D eigenvalue weighted by atomic mass is 19.2. The summed E-state index contributed by atoms with van der Waals surface area (Å²) in [6.45, 7) is 1.67. The molecule has 0 fully saturated rings. The highest BCUT2D eigenvalue weighted by molar-refractivity contribution is 5.91. The lowest BCUT2D eigenvalue weighted by Crippen LogP contribution is -2.26. The number of halogens is 2. The number of furan rings is 1. The Labute approximate surface area is 102 Å². The Morgan fingerprint density at radius 1 is 1.28 bits per heavy atom. The number of hydrogen-bond donors (Lipinski definition) is 1. The molecule has 1 aromatic carbocycles. The first-order valence-corrected chi connectivity index (χ1v) is 5.37. The first-order chi connectivity index (χ1) is 8.58. The van der Waals surface area contributed by atoms with Crippen LogP contribution in [-0.2, 0) is 0 Å². The van der Waals surface area contributed by atoms with Gasteiger partial charge in [0, 0.05) is 0 Å². The molecule has 0 bridgehead atoms. The van der Waals surface area contributed by atoms with Crippen LogP contribution < -0.4 is 5.32 Å². The van der Waals surface area contributed by atoms with Gasteiger partial charge in [-0.3, -0.25) is 4.79 Å². The maximum Gasteiger partial charge on any atom is 0.287 e. The molecule has 0 aliphatic carbocycles. The first-order valence-electron chi connectivity index (χ1n) is 5.37. The fourth-order valence-corrected chi connectivity index (χ4v) is 1.54. The molecule has 1 N–H and O–H groups in total. The summed E-state index contributed by atoms with van der Waals surface area (Å²) in [4.78, 5) is 11.7. The zero-order valence-corrected chi connectivity index (χ0v) is 9.61. The summed E-state index contributed by atoms with van der Waals surface area (Å²) in [5.41, 5.74) is 0.480. The number of carbonyl (C=O) groups is 1. The molecule has 5 heteroatoms. The highest BCUT2D eigenvalue weighted by Gasteiger charge is 2.14. The Bertz CT molecular complexity index is 552. The molecule has 2 aromatic rings. The van der Waals surface area contributed by atoms with Gasteiger partial charge in [0.1, 0.15) is 0 Å². The minimum absolute atomic E-state index is 0.171. The Balaban J connectivity index is 2.10. The van der Waals surface area contributed by atoms with Crippen molar-refractivity contribution in [2.24, 2.45) is 0 Å². The standard InChI is InChI=1S/C13H11F2NO2/c1-8(9-4-5-10(14)11(15)7-9)16-13(17)12-3-2-6-18-12/h2-8H,1H3,(H,16,17). The van der Waals surface area contributed by atoms with E-state index in [9.17, 15) is 13.6 Å². The summed E-state index contributed by atoms with van der Waals surface area (Å²) in [7, 11) is 0. The van der Waals surface area contributed by atoms with E-state index in [2.05, 4.69) is 5.32 Å². The Hall–Kier alpha value is -2.17. The van der Waals surface area contributed by atoms with Gasteiger partial charge in [-0.15, -0.1) is 0 Å². The third kappa shape index (κ3) is 2.56. The number of benzene rings is 1. The van der Waals surface area contributed by atoms with Crippen molar-refractivity contribution in [2.45, 2.75) is 13.0 Å². The van der Waals surface area contributed by atoms with Crippen LogP contribution >= 0.6 is 0 Å². The predicted octanol–water partition coefficient (Wildman–Crippen LogP) is 3.05. The molecule has 0 radical (unpaired) electrons. The summed E-state index contributed by atoms with van der Waals surface area (Å²) >= 11 is 0. The molecule has 1 unspecified atom stereocenters. The van der Waals surface area contributed by atoms with E-state index in [1.54, 1.807) is 13.0 Å². The molecule has 0 saturated heterocycles. The molecule has 2 rings (SSSR count). The van der Waals surface area contributed by atoms with E-state index in [1.165, 1.54) is 18.4 Å². The molecule has 1 amide bonds. The second-order valence-electron chi connectivity index (χ2n) is 3.85. The van der Waals surface area contributed by atoms with Crippen LogP contribution in [0.5, 0.6) is 0 Å². The molecule has 0 saturated carbocycles. The average Bonchev–Trinajstić information content (AvgIpc) is 2.86. The van der Waals surface area contributed by atoms with Gasteiger partial charge in [-0.05, 0) is 36.8 Å². The maximum absolute atomic E-state index is 13.0. The average molecular weight is 251 g/mol. The van der Waals surface area contributed by atoms with Crippen molar-refractivity contribution in [2.75, 3.05) is 0 Å². The van der Waals surface area contributed by atoms with Gasteiger partial charge >= 0.3 is 0 Å². The molecule has 18 heavy (non-hydrogen) atoms. The minimum Gasteiger partial charge on any atom is -0.459 e. The van der Waals surface area contributed by atoms with Gasteiger partial charge < -0.3 is 9.73 Å². The third-order valence-electron chi connectivity index (χ3n) is 2.54. The topological polar surface area (TPSA) is 42.2 Å². The van der Waals surface area contributed by atoms with Crippen molar-refractivity contribution >= 4 is 5.91 Å². The smallest absolute Gasteiger partial charge is 0.287 e. The molecule has 0 aliphatic heterocycles. The van der Waals surface area contributed by atoms with Crippen molar-refractivity contribution in [3.05, 3.63) is 59.6 Å². The molecule has 3 nitrogen and oxygen atoms in total. The fourth-order valence-electron chi connectivity index (χ4n) is 1.54. The monoisotopic (exact) mass is 251 g/mol. The summed E-state index contributed by atoms with van der Waals surface area (Å²) in [5, 5.41) is 2.62. The summed E-state index contributed by atoms with van der Waals surface area (Å²) in [6.07, 6.45) is 1.39. The van der Waals surface area contributed by atoms with Gasteiger partial charge in [0.25, 0.3) is 5.91 Å². The molecule has 0 aliphatic rings. The number of carbonyl (C=O) groups excluding carboxylic acids is 1. The lowest BCUT2D eigenvalue weighted by Gasteiger charge is -2.13. The largest absolute Gasteiger partial charge is 0.459 e. The van der Waals surface area contributed by atoms with Crippen LogP contribution in [0.1, 0.15) is 29.1 Å². The van der Waals surface area contributed by atoms with Crippen LogP contribution in [0.25, 0.3) is 0 Å². The second-order valence-corrected chi connectivity index (χ2v) is 3.85. The summed E-state index contributed by atoms with van der Waals surface area (Å²) in [5.74, 6) is -2.09. The number of rotatable bonds is 3. The van der Waals surface area contributed by atoms with Crippen molar-refractivity contribution in [3.63, 3.8) is 0 Å². The molecule has 0 spiro atoms. The van der Waals surface area contributed by atoms with E-state index in [4.69, 9.17) is 4.42 Å². The van der Waals surface area contributed by atoms with E-state index in [0.717, 1.165) is 12.1 Å². The lowest BCUT2D eigenvalue weighted by molar-refractivity contribution is 0.0912. The Morgan fingerprint density at radius 2 is 2.06 bits per heavy atom. The molecule has 94 valence electrons.